The number of nitrogens with zero attached hydrogens (tertiary/aromatic N) is 6. The van der Waals surface area contributed by atoms with Gasteiger partial charge in [-0.2, -0.15) is 0 Å². The van der Waals surface area contributed by atoms with E-state index in [0.717, 1.165) is 100 Å². The molecule has 0 radical (unpaired) electrons. The average molecular weight is 968 g/mol. The number of carboxylic acid groups (broad SMARTS) is 1. The minimum absolute atomic E-state index is 0.0900. The molecule has 1 saturated heterocycles. The molecular formula is C58H63N8O6+. The van der Waals surface area contributed by atoms with Crippen molar-refractivity contribution in [2.45, 2.75) is 59.0 Å². The number of unbranched alkanes of at least 4 members (excludes halogenated alkanes) is 1. The van der Waals surface area contributed by atoms with E-state index in [9.17, 15) is 24.3 Å². The second kappa shape index (κ2) is 20.9. The number of amides is 1. The van der Waals surface area contributed by atoms with Crippen molar-refractivity contribution < 1.29 is 23.9 Å². The Morgan fingerprint density at radius 2 is 1.67 bits per heavy atom. The first-order valence-corrected chi connectivity index (χ1v) is 24.8. The lowest BCUT2D eigenvalue weighted by molar-refractivity contribution is 0.0696. The molecule has 370 valence electrons. The number of H-pyrrole nitrogens is 1. The number of carbonyl (C=O) groups excluding carboxylic acids is 2. The predicted octanol–water partition coefficient (Wildman–Crippen LogP) is 8.70. The molecule has 1 fully saturated rings. The molecular weight excluding hydrogens is 905 g/mol. The summed E-state index contributed by atoms with van der Waals surface area (Å²) in [5.41, 5.74) is 9.07. The third-order valence-corrected chi connectivity index (χ3v) is 14.0. The van der Waals surface area contributed by atoms with E-state index in [1.54, 1.807) is 12.1 Å². The van der Waals surface area contributed by atoms with E-state index in [1.165, 1.54) is 6.07 Å². The first kappa shape index (κ1) is 49.2. The van der Waals surface area contributed by atoms with Gasteiger partial charge in [0.05, 0.1) is 11.6 Å². The van der Waals surface area contributed by atoms with Gasteiger partial charge in [-0.1, -0.05) is 19.4 Å². The van der Waals surface area contributed by atoms with Crippen molar-refractivity contribution in [1.29, 1.82) is 0 Å². The summed E-state index contributed by atoms with van der Waals surface area (Å²) in [5, 5.41) is 16.0. The number of Topliss-reactive ketones (excluding diaryl/α,β-unsaturated/α-hetero) is 1. The Labute approximate surface area is 419 Å². The molecule has 14 nitrogen and oxygen atoms in total. The van der Waals surface area contributed by atoms with Gasteiger partial charge >= 0.3 is 5.97 Å². The highest BCUT2D eigenvalue weighted by Crippen LogP contribution is 2.42. The van der Waals surface area contributed by atoms with Crippen LogP contribution in [-0.2, 0) is 19.5 Å². The summed E-state index contributed by atoms with van der Waals surface area (Å²) in [4.78, 5) is 68.7. The molecule has 0 saturated carbocycles. The Morgan fingerprint density at radius 1 is 0.861 bits per heavy atom. The minimum Gasteiger partial charge on any atom is -0.478 e. The normalized spacial score (nSPS) is 13.0. The number of aromatic nitrogens is 3. The van der Waals surface area contributed by atoms with Crippen LogP contribution in [-0.4, -0.2) is 104 Å². The molecule has 0 atom stereocenters. The molecule has 72 heavy (non-hydrogen) atoms. The van der Waals surface area contributed by atoms with Crippen LogP contribution in [0.25, 0.3) is 55.4 Å². The molecule has 6 aromatic rings. The monoisotopic (exact) mass is 967 g/mol. The van der Waals surface area contributed by atoms with Crippen molar-refractivity contribution in [2.24, 2.45) is 0 Å². The quantitative estimate of drug-likeness (QED) is 0.0370. The number of carbonyl (C=O) groups is 3. The number of carboxylic acids is 1. The summed E-state index contributed by atoms with van der Waals surface area (Å²) < 4.78 is 10.6. The minimum atomic E-state index is -1.09. The highest BCUT2D eigenvalue weighted by molar-refractivity contribution is 6.10. The SMILES string of the molecule is CCCc1cc(C)[nH]c(=O)c1CNC(=O)c1cc(-c2ccc(N3CCN(C)CC3)nc2)cc2c1ccn2CCCCC(=O)c1ccc(C(=O)O)c(-c2c3ccc(=[N+](C)C)cc-3oc3cc(N(C)C)ccc23)c1. The molecule has 9 rings (SSSR count). The van der Waals surface area contributed by atoms with Gasteiger partial charge < -0.3 is 39.1 Å². The van der Waals surface area contributed by atoms with E-state index >= 15 is 0 Å². The van der Waals surface area contributed by atoms with E-state index < -0.39 is 5.97 Å². The van der Waals surface area contributed by atoms with Crippen LogP contribution in [0.5, 0.6) is 0 Å². The highest BCUT2D eigenvalue weighted by Gasteiger charge is 2.25. The third-order valence-electron chi connectivity index (χ3n) is 14.0. The van der Waals surface area contributed by atoms with E-state index in [2.05, 4.69) is 50.8 Å². The van der Waals surface area contributed by atoms with Crippen molar-refractivity contribution in [2.75, 3.05) is 71.2 Å². The zero-order chi connectivity index (χ0) is 50.8. The number of fused-ring (bicyclic) bond motifs is 3. The number of hydrogen-bond acceptors (Lipinski definition) is 9. The van der Waals surface area contributed by atoms with Crippen LogP contribution in [0.4, 0.5) is 11.5 Å². The van der Waals surface area contributed by atoms with Gasteiger partial charge in [0.15, 0.2) is 5.78 Å². The van der Waals surface area contributed by atoms with Crippen LogP contribution in [0.15, 0.2) is 113 Å². The van der Waals surface area contributed by atoms with Crippen LogP contribution in [0, 0.1) is 6.92 Å². The van der Waals surface area contributed by atoms with Gasteiger partial charge in [-0.3, -0.25) is 14.4 Å². The Kier molecular flexibility index (Phi) is 14.2. The zero-order valence-electron chi connectivity index (χ0n) is 42.3. The second-order valence-electron chi connectivity index (χ2n) is 19.5. The van der Waals surface area contributed by atoms with Crippen LogP contribution >= 0.6 is 0 Å². The van der Waals surface area contributed by atoms with Crippen molar-refractivity contribution in [1.82, 2.24) is 29.3 Å². The maximum absolute atomic E-state index is 14.3. The first-order valence-electron chi connectivity index (χ1n) is 24.8. The number of piperazine rings is 1. The lowest BCUT2D eigenvalue weighted by Crippen LogP contribution is -2.44. The first-order chi connectivity index (χ1) is 34.7. The zero-order valence-corrected chi connectivity index (χ0v) is 42.3. The number of benzene rings is 4. The van der Waals surface area contributed by atoms with E-state index in [4.69, 9.17) is 9.40 Å². The fourth-order valence-corrected chi connectivity index (χ4v) is 9.90. The van der Waals surface area contributed by atoms with Gasteiger partial charge in [0.2, 0.25) is 5.36 Å². The summed E-state index contributed by atoms with van der Waals surface area (Å²) in [6.07, 6.45) is 6.93. The molecule has 14 heteroatoms. The van der Waals surface area contributed by atoms with Crippen LogP contribution in [0.1, 0.15) is 80.5 Å². The van der Waals surface area contributed by atoms with E-state index in [-0.39, 0.29) is 35.8 Å². The number of likely N-dealkylation sites (N-methyl/N-ethyl adjacent to an activating group) is 1. The molecule has 0 unspecified atom stereocenters. The molecule has 3 aromatic heterocycles. The molecule has 0 spiro atoms. The Balaban J connectivity index is 0.988. The number of pyridine rings is 2. The number of ketones is 1. The molecule has 3 aromatic carbocycles. The predicted molar refractivity (Wildman–Crippen MR) is 287 cm³/mol. The van der Waals surface area contributed by atoms with E-state index in [0.29, 0.717) is 58.5 Å². The Bertz CT molecular complexity index is 3460. The molecule has 2 aliphatic heterocycles. The topological polar surface area (TPSA) is 160 Å². The number of anilines is 2. The van der Waals surface area contributed by atoms with Crippen LogP contribution in [0.3, 0.4) is 0 Å². The smallest absolute Gasteiger partial charge is 0.336 e. The van der Waals surface area contributed by atoms with Gasteiger partial charge in [0.1, 0.15) is 31.3 Å². The van der Waals surface area contributed by atoms with Gasteiger partial charge in [-0.15, -0.1) is 0 Å². The number of aryl methyl sites for hydroxylation is 3. The lowest BCUT2D eigenvalue weighted by Gasteiger charge is -2.33. The summed E-state index contributed by atoms with van der Waals surface area (Å²) in [6.45, 7) is 8.35. The molecule has 1 amide bonds. The molecule has 3 aliphatic rings. The van der Waals surface area contributed by atoms with Gasteiger partial charge in [0.25, 0.3) is 11.5 Å². The van der Waals surface area contributed by atoms with E-state index in [1.807, 2.05) is 118 Å². The van der Waals surface area contributed by atoms with Crippen molar-refractivity contribution in [3.8, 4) is 33.6 Å². The maximum Gasteiger partial charge on any atom is 0.336 e. The maximum atomic E-state index is 14.3. The van der Waals surface area contributed by atoms with Crippen LogP contribution < -0.4 is 30.6 Å². The summed E-state index contributed by atoms with van der Waals surface area (Å²) in [5.74, 6) is 0.0451. The van der Waals surface area contributed by atoms with Crippen molar-refractivity contribution >= 4 is 51.0 Å². The highest BCUT2D eigenvalue weighted by atomic mass is 16.4. The summed E-state index contributed by atoms with van der Waals surface area (Å²) in [6, 6.07) is 28.6. The summed E-state index contributed by atoms with van der Waals surface area (Å²) in [7, 11) is 9.94. The lowest BCUT2D eigenvalue weighted by atomic mass is 9.88. The number of aromatic amines is 1. The van der Waals surface area contributed by atoms with Crippen molar-refractivity contribution in [3.63, 3.8) is 0 Å². The fraction of sp³-hybridized carbons (Fsp3) is 0.310. The molecule has 1 aliphatic carbocycles. The van der Waals surface area contributed by atoms with Crippen LogP contribution in [0.2, 0.25) is 0 Å². The van der Waals surface area contributed by atoms with Crippen molar-refractivity contribution in [3.05, 3.63) is 153 Å². The third kappa shape index (κ3) is 10.2. The Morgan fingerprint density at radius 3 is 2.39 bits per heavy atom. The molecule has 3 N–H and O–H groups in total. The number of rotatable bonds is 16. The standard InChI is InChI=1S/C58H62N8O6/c1-8-11-37-28-36(2)61-57(69)49(37)35-60-56(68)48-30-40(39-14-20-54(59-34-39)66-26-24-64(7)25-27-66)31-50-43(48)21-23-65(50)22-10-9-12-51(67)38-13-17-44(58(70)71)47(29-38)55-45-18-15-41(62(3)4)32-52(45)72-53-33-42(63(5)6)16-19-46(53)55/h13-21,23,28-34H,8-12,22,24-27,35H2,1-7H3,(H2-,60,61,68,69,70,71)/p+1. The average Bonchev–Trinajstić information content (AvgIpc) is 3.78. The molecule has 5 heterocycles. The summed E-state index contributed by atoms with van der Waals surface area (Å²) >= 11 is 0. The number of aromatic carboxylic acids is 1. The van der Waals surface area contributed by atoms with Gasteiger partial charge in [-0.25, -0.2) is 14.4 Å². The number of nitrogens with one attached hydrogen (secondary N) is 2. The Hall–Kier alpha value is -7.84. The largest absolute Gasteiger partial charge is 0.478 e. The molecule has 0 bridgehead atoms. The number of hydrogen-bond donors (Lipinski definition) is 3. The van der Waals surface area contributed by atoms with Gasteiger partial charge in [-0.05, 0) is 117 Å². The second-order valence-corrected chi connectivity index (χ2v) is 19.5. The van der Waals surface area contributed by atoms with Gasteiger partial charge in [0, 0.05) is 145 Å². The fourth-order valence-electron chi connectivity index (χ4n) is 9.90.